The van der Waals surface area contributed by atoms with Crippen LogP contribution in [0.4, 0.5) is 4.39 Å². The number of hydrogen-bond acceptors (Lipinski definition) is 3. The maximum Gasteiger partial charge on any atom is 0.216 e. The second-order valence-electron chi connectivity index (χ2n) is 6.13. The van der Waals surface area contributed by atoms with Crippen molar-refractivity contribution in [2.45, 2.75) is 38.0 Å². The summed E-state index contributed by atoms with van der Waals surface area (Å²) in [5.41, 5.74) is 3.11. The number of nitrogens with one attached hydrogen (secondary N) is 1. The van der Waals surface area contributed by atoms with Gasteiger partial charge in [-0.2, -0.15) is 5.10 Å². The number of nitrogens with zero attached hydrogens (tertiary/aromatic N) is 2. The number of aromatic nitrogens is 2. The van der Waals surface area contributed by atoms with Gasteiger partial charge in [0.15, 0.2) is 0 Å². The summed E-state index contributed by atoms with van der Waals surface area (Å²) in [5.74, 6) is -0.859. The summed E-state index contributed by atoms with van der Waals surface area (Å²) >= 11 is 5.98. The molecular formula is C16H19ClFN3O2S. The second kappa shape index (κ2) is 6.46. The van der Waals surface area contributed by atoms with Gasteiger partial charge in [0.1, 0.15) is 5.82 Å². The molecule has 0 saturated heterocycles. The van der Waals surface area contributed by atoms with Crippen LogP contribution in [0.25, 0.3) is 0 Å². The average molecular weight is 372 g/mol. The zero-order valence-corrected chi connectivity index (χ0v) is 15.1. The van der Waals surface area contributed by atoms with Gasteiger partial charge in [-0.1, -0.05) is 11.6 Å². The standard InChI is InChI=1S/C16H19ClFN3O2S/c1-10-16-14(4-3-5-15(16)21(2)19-10)20-24(22,23)9-11-8-12(18)6-7-13(11)17/h6-8,14,20H,3-5,9H2,1-2H3. The molecule has 1 aliphatic rings. The molecule has 1 aromatic carbocycles. The summed E-state index contributed by atoms with van der Waals surface area (Å²) in [6.07, 6.45) is 2.50. The summed E-state index contributed by atoms with van der Waals surface area (Å²) in [4.78, 5) is 0. The quantitative estimate of drug-likeness (QED) is 0.898. The lowest BCUT2D eigenvalue weighted by Gasteiger charge is -2.24. The van der Waals surface area contributed by atoms with Gasteiger partial charge in [-0.3, -0.25) is 4.68 Å². The molecule has 24 heavy (non-hydrogen) atoms. The van der Waals surface area contributed by atoms with E-state index < -0.39 is 15.8 Å². The maximum absolute atomic E-state index is 13.3. The topological polar surface area (TPSA) is 64.0 Å². The molecule has 2 aromatic rings. The highest BCUT2D eigenvalue weighted by molar-refractivity contribution is 7.88. The van der Waals surface area contributed by atoms with Crippen molar-refractivity contribution in [1.29, 1.82) is 0 Å². The SMILES string of the molecule is Cc1nn(C)c2c1C(NS(=O)(=O)Cc1cc(F)ccc1Cl)CCC2. The minimum absolute atomic E-state index is 0.240. The van der Waals surface area contributed by atoms with E-state index in [1.165, 1.54) is 12.1 Å². The number of aryl methyl sites for hydroxylation is 2. The first kappa shape index (κ1) is 17.4. The summed E-state index contributed by atoms with van der Waals surface area (Å²) in [6, 6.07) is 3.42. The first-order valence-corrected chi connectivity index (χ1v) is 9.76. The molecule has 5 nitrogen and oxygen atoms in total. The van der Waals surface area contributed by atoms with E-state index in [1.807, 2.05) is 18.7 Å². The van der Waals surface area contributed by atoms with Crippen LogP contribution in [0, 0.1) is 12.7 Å². The van der Waals surface area contributed by atoms with E-state index in [2.05, 4.69) is 9.82 Å². The molecule has 0 spiro atoms. The fourth-order valence-corrected chi connectivity index (χ4v) is 4.99. The van der Waals surface area contributed by atoms with Crippen molar-refractivity contribution in [2.24, 2.45) is 7.05 Å². The highest BCUT2D eigenvalue weighted by Gasteiger charge is 2.29. The highest BCUT2D eigenvalue weighted by Crippen LogP contribution is 2.32. The normalized spacial score (nSPS) is 17.8. The van der Waals surface area contributed by atoms with Gasteiger partial charge >= 0.3 is 0 Å². The van der Waals surface area contributed by atoms with Crippen LogP contribution in [0.1, 0.15) is 41.4 Å². The van der Waals surface area contributed by atoms with Crippen LogP contribution >= 0.6 is 11.6 Å². The molecule has 0 radical (unpaired) electrons. The van der Waals surface area contributed by atoms with Gasteiger partial charge < -0.3 is 0 Å². The Morgan fingerprint density at radius 2 is 2.21 bits per heavy atom. The molecule has 1 unspecified atom stereocenters. The molecule has 3 rings (SSSR count). The second-order valence-corrected chi connectivity index (χ2v) is 8.29. The molecule has 0 aliphatic heterocycles. The number of sulfonamides is 1. The van der Waals surface area contributed by atoms with Crippen LogP contribution in [0.15, 0.2) is 18.2 Å². The zero-order chi connectivity index (χ0) is 17.5. The van der Waals surface area contributed by atoms with Gasteiger partial charge in [-0.05, 0) is 49.9 Å². The molecule has 0 fully saturated rings. The summed E-state index contributed by atoms with van der Waals surface area (Å²) in [5, 5.41) is 4.63. The van der Waals surface area contributed by atoms with E-state index in [-0.39, 0.29) is 22.4 Å². The fraction of sp³-hybridized carbons (Fsp3) is 0.438. The minimum Gasteiger partial charge on any atom is -0.272 e. The van der Waals surface area contributed by atoms with Crippen LogP contribution in [0.5, 0.6) is 0 Å². The lowest BCUT2D eigenvalue weighted by Crippen LogP contribution is -2.32. The summed E-state index contributed by atoms with van der Waals surface area (Å²) < 4.78 is 43.0. The number of benzene rings is 1. The Morgan fingerprint density at radius 1 is 1.46 bits per heavy atom. The average Bonchev–Trinajstić information content (AvgIpc) is 2.78. The van der Waals surface area contributed by atoms with Gasteiger partial charge in [-0.15, -0.1) is 0 Å². The number of rotatable bonds is 4. The Morgan fingerprint density at radius 3 is 2.96 bits per heavy atom. The van der Waals surface area contributed by atoms with Gasteiger partial charge in [0.2, 0.25) is 10.0 Å². The minimum atomic E-state index is -3.66. The van der Waals surface area contributed by atoms with Crippen LogP contribution in [0.3, 0.4) is 0 Å². The maximum atomic E-state index is 13.3. The number of halogens is 2. The van der Waals surface area contributed by atoms with Gasteiger partial charge in [0.05, 0.1) is 17.5 Å². The van der Waals surface area contributed by atoms with Gasteiger partial charge in [-0.25, -0.2) is 17.5 Å². The molecule has 1 aliphatic carbocycles. The van der Waals surface area contributed by atoms with E-state index in [9.17, 15) is 12.8 Å². The molecule has 130 valence electrons. The molecule has 0 bridgehead atoms. The predicted octanol–water partition coefficient (Wildman–Crippen LogP) is 3.02. The molecular weight excluding hydrogens is 353 g/mol. The number of hydrogen-bond donors (Lipinski definition) is 1. The molecule has 1 aromatic heterocycles. The third-order valence-electron chi connectivity index (χ3n) is 4.32. The summed E-state index contributed by atoms with van der Waals surface area (Å²) in [6.45, 7) is 1.88. The smallest absolute Gasteiger partial charge is 0.216 e. The van der Waals surface area contributed by atoms with Crippen LogP contribution < -0.4 is 4.72 Å². The van der Waals surface area contributed by atoms with E-state index >= 15 is 0 Å². The van der Waals surface area contributed by atoms with Crippen molar-refractivity contribution in [2.75, 3.05) is 0 Å². The largest absolute Gasteiger partial charge is 0.272 e. The van der Waals surface area contributed by atoms with Gasteiger partial charge in [0.25, 0.3) is 0 Å². The van der Waals surface area contributed by atoms with E-state index in [0.717, 1.165) is 42.3 Å². The molecule has 8 heteroatoms. The first-order chi connectivity index (χ1) is 11.3. The fourth-order valence-electron chi connectivity index (χ4n) is 3.32. The molecule has 1 N–H and O–H groups in total. The Kier molecular flexibility index (Phi) is 4.68. The third-order valence-corrected chi connectivity index (χ3v) is 6.02. The predicted molar refractivity (Wildman–Crippen MR) is 90.8 cm³/mol. The third kappa shape index (κ3) is 3.48. The van der Waals surface area contributed by atoms with Crippen molar-refractivity contribution in [3.8, 4) is 0 Å². The molecule has 1 atom stereocenters. The van der Waals surface area contributed by atoms with Gasteiger partial charge in [0, 0.05) is 23.3 Å². The van der Waals surface area contributed by atoms with Crippen molar-refractivity contribution >= 4 is 21.6 Å². The summed E-state index contributed by atoms with van der Waals surface area (Å²) in [7, 11) is -1.79. The monoisotopic (exact) mass is 371 g/mol. The van der Waals surface area contributed by atoms with Crippen LogP contribution in [-0.4, -0.2) is 18.2 Å². The Hall–Kier alpha value is -1.44. The van der Waals surface area contributed by atoms with Crippen LogP contribution in [-0.2, 0) is 29.2 Å². The van der Waals surface area contributed by atoms with Crippen molar-refractivity contribution in [1.82, 2.24) is 14.5 Å². The molecule has 0 saturated carbocycles. The van der Waals surface area contributed by atoms with Crippen molar-refractivity contribution in [3.05, 3.63) is 51.6 Å². The first-order valence-electron chi connectivity index (χ1n) is 7.73. The van der Waals surface area contributed by atoms with E-state index in [0.29, 0.717) is 0 Å². The zero-order valence-electron chi connectivity index (χ0n) is 13.5. The van der Waals surface area contributed by atoms with E-state index in [1.54, 1.807) is 0 Å². The highest BCUT2D eigenvalue weighted by atomic mass is 35.5. The van der Waals surface area contributed by atoms with Crippen molar-refractivity contribution < 1.29 is 12.8 Å². The Balaban J connectivity index is 1.85. The molecule has 1 heterocycles. The Labute approximate surface area is 145 Å². The Bertz CT molecular complexity index is 880. The molecule has 0 amide bonds. The van der Waals surface area contributed by atoms with E-state index in [4.69, 9.17) is 11.6 Å². The van der Waals surface area contributed by atoms with Crippen LogP contribution in [0.2, 0.25) is 5.02 Å². The number of fused-ring (bicyclic) bond motifs is 1. The van der Waals surface area contributed by atoms with Crippen molar-refractivity contribution in [3.63, 3.8) is 0 Å². The lowest BCUT2D eigenvalue weighted by atomic mass is 9.92. The lowest BCUT2D eigenvalue weighted by molar-refractivity contribution is 0.497.